The van der Waals surface area contributed by atoms with E-state index in [0.29, 0.717) is 5.69 Å². The first-order valence-electron chi connectivity index (χ1n) is 9.36. The van der Waals surface area contributed by atoms with Gasteiger partial charge in [-0.1, -0.05) is 47.8 Å². The number of rotatable bonds is 3. The first-order valence-corrected chi connectivity index (χ1v) is 12.0. The molecule has 0 radical (unpaired) electrons. The summed E-state index contributed by atoms with van der Waals surface area (Å²) in [6, 6.07) is 2.99. The first-order chi connectivity index (χ1) is 13.1. The average molecular weight is 577 g/mol. The Kier molecular flexibility index (Phi) is 5.28. The maximum Gasteiger partial charge on any atom is 0.247 e. The van der Waals surface area contributed by atoms with E-state index in [9.17, 15) is 14.4 Å². The van der Waals surface area contributed by atoms with Crippen molar-refractivity contribution in [3.8, 4) is 0 Å². The molecule has 150 valence electrons. The molecule has 4 rings (SSSR count). The van der Waals surface area contributed by atoms with Crippen molar-refractivity contribution in [3.63, 3.8) is 0 Å². The van der Waals surface area contributed by atoms with Gasteiger partial charge in [-0.05, 0) is 62.3 Å². The molecule has 1 aromatic carbocycles. The molecule has 7 unspecified atom stereocenters. The summed E-state index contributed by atoms with van der Waals surface area (Å²) >= 11 is 10.8. The first kappa shape index (κ1) is 20.5. The molecule has 0 spiro atoms. The van der Waals surface area contributed by atoms with Crippen molar-refractivity contribution in [2.24, 2.45) is 23.7 Å². The number of imide groups is 1. The van der Waals surface area contributed by atoms with Crippen LogP contribution in [0.2, 0.25) is 0 Å². The third-order valence-electron chi connectivity index (χ3n) is 6.55. The minimum atomic E-state index is -0.837. The second kappa shape index (κ2) is 7.20. The Morgan fingerprint density at radius 2 is 1.61 bits per heavy atom. The fourth-order valence-corrected chi connectivity index (χ4v) is 7.35. The minimum absolute atomic E-state index is 0.146. The fourth-order valence-electron chi connectivity index (χ4n) is 5.02. The van der Waals surface area contributed by atoms with Crippen molar-refractivity contribution in [2.45, 2.75) is 42.9 Å². The summed E-state index contributed by atoms with van der Waals surface area (Å²) < 4.78 is 0.970. The largest absolute Gasteiger partial charge is 0.324 e. The highest BCUT2D eigenvalue weighted by molar-refractivity contribution is 9.12. The lowest BCUT2D eigenvalue weighted by Crippen LogP contribution is -2.46. The standard InChI is InChI=1S/C20H21Br3N2O3/c1-7-5-13(8(2)4-12(7)21)24-18(26)9(3)25-19(27)14-10-6-11(15(14)20(25)28)17(23)16(10)22/h4-5,9-11,14-17H,6H2,1-3H3,(H,24,26). The highest BCUT2D eigenvalue weighted by Crippen LogP contribution is 2.60. The van der Waals surface area contributed by atoms with Crippen LogP contribution >= 0.6 is 47.8 Å². The summed E-state index contributed by atoms with van der Waals surface area (Å²) in [7, 11) is 0. The Morgan fingerprint density at radius 3 is 2.14 bits per heavy atom. The van der Waals surface area contributed by atoms with Crippen LogP contribution in [0.3, 0.4) is 0 Å². The lowest BCUT2D eigenvalue weighted by Gasteiger charge is -2.28. The monoisotopic (exact) mass is 574 g/mol. The van der Waals surface area contributed by atoms with Crippen molar-refractivity contribution in [3.05, 3.63) is 27.7 Å². The van der Waals surface area contributed by atoms with Crippen LogP contribution in [0, 0.1) is 37.5 Å². The molecule has 1 saturated heterocycles. The van der Waals surface area contributed by atoms with E-state index < -0.39 is 6.04 Å². The molecular formula is C20H21Br3N2O3. The van der Waals surface area contributed by atoms with Gasteiger partial charge < -0.3 is 5.32 Å². The van der Waals surface area contributed by atoms with E-state index >= 15 is 0 Å². The fraction of sp³-hybridized carbons (Fsp3) is 0.550. The van der Waals surface area contributed by atoms with Crippen LogP contribution < -0.4 is 5.32 Å². The van der Waals surface area contributed by atoms with Gasteiger partial charge in [0.05, 0.1) is 11.8 Å². The quantitative estimate of drug-likeness (QED) is 0.434. The molecule has 28 heavy (non-hydrogen) atoms. The number of likely N-dealkylation sites (tertiary alicyclic amines) is 1. The molecule has 1 aliphatic heterocycles. The predicted octanol–water partition coefficient (Wildman–Crippen LogP) is 4.17. The van der Waals surface area contributed by atoms with Crippen LogP contribution in [0.5, 0.6) is 0 Å². The lowest BCUT2D eigenvalue weighted by molar-refractivity contribution is -0.146. The number of carbonyl (C=O) groups excluding carboxylic acids is 3. The SMILES string of the molecule is Cc1cc(NC(=O)C(C)N2C(=O)C3C4CC(C(Br)C4Br)C3C2=O)c(C)cc1Br. The zero-order valence-electron chi connectivity index (χ0n) is 15.7. The van der Waals surface area contributed by atoms with E-state index in [0.717, 1.165) is 22.0 Å². The van der Waals surface area contributed by atoms with Crippen molar-refractivity contribution >= 4 is 71.2 Å². The van der Waals surface area contributed by atoms with E-state index in [1.54, 1.807) is 6.92 Å². The molecule has 3 fully saturated rings. The highest BCUT2D eigenvalue weighted by atomic mass is 79.9. The van der Waals surface area contributed by atoms with Gasteiger partial charge in [-0.2, -0.15) is 0 Å². The summed E-state index contributed by atoms with van der Waals surface area (Å²) in [4.78, 5) is 40.6. The summed E-state index contributed by atoms with van der Waals surface area (Å²) in [6.07, 6.45) is 0.879. The summed E-state index contributed by atoms with van der Waals surface area (Å²) in [6.45, 7) is 5.48. The van der Waals surface area contributed by atoms with Crippen LogP contribution in [-0.2, 0) is 14.4 Å². The molecular weight excluding hydrogens is 556 g/mol. The number of amides is 3. The lowest BCUT2D eigenvalue weighted by atomic mass is 9.81. The number of fused-ring (bicyclic) bond motifs is 5. The smallest absolute Gasteiger partial charge is 0.247 e. The maximum atomic E-state index is 13.1. The van der Waals surface area contributed by atoms with Gasteiger partial charge in [0.2, 0.25) is 17.7 Å². The van der Waals surface area contributed by atoms with Gasteiger partial charge in [-0.15, -0.1) is 0 Å². The summed E-state index contributed by atoms with van der Waals surface area (Å²) in [5.41, 5.74) is 2.61. The number of nitrogens with one attached hydrogen (secondary N) is 1. The molecule has 5 nitrogen and oxygen atoms in total. The van der Waals surface area contributed by atoms with E-state index in [2.05, 4.69) is 53.1 Å². The molecule has 0 aromatic heterocycles. The molecule has 1 heterocycles. The average Bonchev–Trinajstić information content (AvgIpc) is 3.24. The van der Waals surface area contributed by atoms with Gasteiger partial charge in [0.15, 0.2) is 0 Å². The van der Waals surface area contributed by atoms with Crippen molar-refractivity contribution in [2.75, 3.05) is 5.32 Å². The van der Waals surface area contributed by atoms with Crippen LogP contribution in [-0.4, -0.2) is 38.3 Å². The third-order valence-corrected chi connectivity index (χ3v) is 10.6. The molecule has 1 aromatic rings. The molecule has 2 bridgehead atoms. The Labute approximate surface area is 189 Å². The van der Waals surface area contributed by atoms with Gasteiger partial charge >= 0.3 is 0 Å². The van der Waals surface area contributed by atoms with Crippen molar-refractivity contribution < 1.29 is 14.4 Å². The molecule has 3 aliphatic rings. The molecule has 3 amide bonds. The van der Waals surface area contributed by atoms with E-state index in [1.807, 2.05) is 26.0 Å². The van der Waals surface area contributed by atoms with Crippen LogP contribution in [0.25, 0.3) is 0 Å². The molecule has 1 N–H and O–H groups in total. The molecule has 2 aliphatic carbocycles. The number of halogens is 3. The third kappa shape index (κ3) is 2.93. The zero-order valence-corrected chi connectivity index (χ0v) is 20.5. The van der Waals surface area contributed by atoms with E-state index in [1.165, 1.54) is 4.90 Å². The van der Waals surface area contributed by atoms with Crippen LogP contribution in [0.15, 0.2) is 16.6 Å². The number of anilines is 1. The Balaban J connectivity index is 1.55. The Bertz CT molecular complexity index is 858. The normalized spacial score (nSPS) is 34.7. The highest BCUT2D eigenvalue weighted by Gasteiger charge is 2.67. The van der Waals surface area contributed by atoms with Gasteiger partial charge in [-0.3, -0.25) is 19.3 Å². The van der Waals surface area contributed by atoms with Gasteiger partial charge in [0.25, 0.3) is 0 Å². The number of nitrogens with zero attached hydrogens (tertiary/aromatic N) is 1. The second-order valence-corrected chi connectivity index (χ2v) is 11.1. The number of alkyl halides is 2. The predicted molar refractivity (Wildman–Crippen MR) is 118 cm³/mol. The van der Waals surface area contributed by atoms with Gasteiger partial charge in [0, 0.05) is 19.8 Å². The number of aryl methyl sites for hydroxylation is 2. The Hall–Kier alpha value is -0.730. The molecule has 7 atom stereocenters. The summed E-state index contributed by atoms with van der Waals surface area (Å²) in [5.74, 6) is -1.05. The zero-order chi connectivity index (χ0) is 20.5. The van der Waals surface area contributed by atoms with Crippen LogP contribution in [0.4, 0.5) is 5.69 Å². The Morgan fingerprint density at radius 1 is 1.07 bits per heavy atom. The molecule has 2 saturated carbocycles. The number of benzene rings is 1. The van der Waals surface area contributed by atoms with Crippen LogP contribution in [0.1, 0.15) is 24.5 Å². The minimum Gasteiger partial charge on any atom is -0.324 e. The summed E-state index contributed by atoms with van der Waals surface area (Å²) in [5, 5.41) is 2.89. The maximum absolute atomic E-state index is 13.1. The molecule has 8 heteroatoms. The van der Waals surface area contributed by atoms with E-state index in [-0.39, 0.29) is 51.0 Å². The van der Waals surface area contributed by atoms with Crippen molar-refractivity contribution in [1.29, 1.82) is 0 Å². The number of carbonyl (C=O) groups is 3. The number of hydrogen-bond acceptors (Lipinski definition) is 3. The second-order valence-electron chi connectivity index (χ2n) is 8.13. The van der Waals surface area contributed by atoms with Gasteiger partial charge in [0.1, 0.15) is 6.04 Å². The number of hydrogen-bond donors (Lipinski definition) is 1. The van der Waals surface area contributed by atoms with E-state index in [4.69, 9.17) is 0 Å². The van der Waals surface area contributed by atoms with Gasteiger partial charge in [-0.25, -0.2) is 0 Å². The topological polar surface area (TPSA) is 66.5 Å². The van der Waals surface area contributed by atoms with Crippen molar-refractivity contribution in [1.82, 2.24) is 4.90 Å².